The molecular formula is C15H30S. The summed E-state index contributed by atoms with van der Waals surface area (Å²) in [5.74, 6) is 0.769. The molecule has 0 amide bonds. The number of thioether (sulfide) groups is 1. The molecule has 0 aromatic rings. The highest BCUT2D eigenvalue weighted by atomic mass is 32.2. The Kier molecular flexibility index (Phi) is 9.21. The molecule has 0 N–H and O–H groups in total. The summed E-state index contributed by atoms with van der Waals surface area (Å²) in [7, 11) is 0. The van der Waals surface area contributed by atoms with Gasteiger partial charge in [0, 0.05) is 10.5 Å². The molecule has 0 fully saturated rings. The van der Waals surface area contributed by atoms with Gasteiger partial charge in [-0.1, -0.05) is 46.3 Å². The van der Waals surface area contributed by atoms with Crippen LogP contribution in [0, 0.1) is 5.92 Å². The van der Waals surface area contributed by atoms with Gasteiger partial charge in [-0.25, -0.2) is 0 Å². The summed E-state index contributed by atoms with van der Waals surface area (Å²) < 4.78 is 0. The number of hydrogen-bond acceptors (Lipinski definition) is 1. The van der Waals surface area contributed by atoms with Gasteiger partial charge in [0.1, 0.15) is 0 Å². The van der Waals surface area contributed by atoms with E-state index in [0.717, 1.165) is 16.4 Å². The van der Waals surface area contributed by atoms with Crippen LogP contribution in [0.5, 0.6) is 0 Å². The molecule has 3 atom stereocenters. The van der Waals surface area contributed by atoms with E-state index in [9.17, 15) is 0 Å². The van der Waals surface area contributed by atoms with E-state index >= 15 is 0 Å². The van der Waals surface area contributed by atoms with Crippen LogP contribution < -0.4 is 0 Å². The quantitative estimate of drug-likeness (QED) is 0.493. The predicted octanol–water partition coefficient (Wildman–Crippen LogP) is 5.68. The summed E-state index contributed by atoms with van der Waals surface area (Å²) in [6.07, 6.45) is 7.51. The van der Waals surface area contributed by atoms with Crippen molar-refractivity contribution in [3.63, 3.8) is 0 Å². The van der Waals surface area contributed by atoms with E-state index in [1.165, 1.54) is 25.7 Å². The molecule has 96 valence electrons. The maximum absolute atomic E-state index is 2.38. The minimum Gasteiger partial charge on any atom is -0.156 e. The average molecular weight is 242 g/mol. The van der Waals surface area contributed by atoms with Crippen LogP contribution in [0.25, 0.3) is 0 Å². The van der Waals surface area contributed by atoms with Gasteiger partial charge in [-0.3, -0.25) is 0 Å². The third-order valence-electron chi connectivity index (χ3n) is 3.50. The van der Waals surface area contributed by atoms with Crippen molar-refractivity contribution in [1.82, 2.24) is 0 Å². The van der Waals surface area contributed by atoms with Gasteiger partial charge in [0.25, 0.3) is 0 Å². The molecule has 0 aromatic carbocycles. The molecule has 0 aromatic heterocycles. The predicted molar refractivity (Wildman–Crippen MR) is 79.3 cm³/mol. The van der Waals surface area contributed by atoms with Gasteiger partial charge >= 0.3 is 0 Å². The monoisotopic (exact) mass is 242 g/mol. The van der Waals surface area contributed by atoms with E-state index in [2.05, 4.69) is 59.4 Å². The van der Waals surface area contributed by atoms with Crippen LogP contribution in [0.15, 0.2) is 11.6 Å². The second-order valence-electron chi connectivity index (χ2n) is 4.88. The van der Waals surface area contributed by atoms with Crippen LogP contribution in [0.1, 0.15) is 67.2 Å². The van der Waals surface area contributed by atoms with Crippen LogP contribution in [0.3, 0.4) is 0 Å². The maximum atomic E-state index is 2.38. The van der Waals surface area contributed by atoms with Gasteiger partial charge in [-0.15, -0.1) is 0 Å². The third kappa shape index (κ3) is 6.62. The molecule has 0 aliphatic rings. The molecule has 0 spiro atoms. The van der Waals surface area contributed by atoms with Crippen molar-refractivity contribution in [2.24, 2.45) is 5.92 Å². The van der Waals surface area contributed by atoms with Crippen LogP contribution in [0.2, 0.25) is 0 Å². The molecule has 3 unspecified atom stereocenters. The minimum absolute atomic E-state index is 0.769. The lowest BCUT2D eigenvalue weighted by atomic mass is 9.94. The van der Waals surface area contributed by atoms with E-state index in [1.54, 1.807) is 5.57 Å². The fourth-order valence-electron chi connectivity index (χ4n) is 1.87. The largest absolute Gasteiger partial charge is 0.156 e. The van der Waals surface area contributed by atoms with Crippen molar-refractivity contribution in [2.45, 2.75) is 77.7 Å². The Morgan fingerprint density at radius 2 is 1.69 bits per heavy atom. The Hall–Kier alpha value is 0.0900. The zero-order valence-electron chi connectivity index (χ0n) is 12.0. The van der Waals surface area contributed by atoms with Crippen LogP contribution >= 0.6 is 11.8 Å². The molecule has 0 radical (unpaired) electrons. The van der Waals surface area contributed by atoms with E-state index in [-0.39, 0.29) is 0 Å². The second-order valence-corrected chi connectivity index (χ2v) is 6.76. The first-order valence-electron chi connectivity index (χ1n) is 6.85. The molecular weight excluding hydrogens is 212 g/mol. The highest BCUT2D eigenvalue weighted by molar-refractivity contribution is 8.00. The first kappa shape index (κ1) is 16.1. The molecule has 0 aliphatic carbocycles. The van der Waals surface area contributed by atoms with E-state index in [0.29, 0.717) is 0 Å². The summed E-state index contributed by atoms with van der Waals surface area (Å²) in [5.41, 5.74) is 1.65. The van der Waals surface area contributed by atoms with Crippen molar-refractivity contribution in [3.05, 3.63) is 11.6 Å². The summed E-state index contributed by atoms with van der Waals surface area (Å²) in [5, 5.41) is 1.61. The van der Waals surface area contributed by atoms with Crippen LogP contribution in [-0.2, 0) is 0 Å². The van der Waals surface area contributed by atoms with Crippen molar-refractivity contribution in [2.75, 3.05) is 0 Å². The molecule has 0 saturated carbocycles. The first-order chi connectivity index (χ1) is 7.54. The Morgan fingerprint density at radius 1 is 1.06 bits per heavy atom. The molecule has 1 heteroatoms. The summed E-state index contributed by atoms with van der Waals surface area (Å²) in [4.78, 5) is 0. The second kappa shape index (κ2) is 9.15. The summed E-state index contributed by atoms with van der Waals surface area (Å²) >= 11 is 2.14. The fourth-order valence-corrected chi connectivity index (χ4v) is 3.11. The van der Waals surface area contributed by atoms with E-state index in [4.69, 9.17) is 0 Å². The lowest BCUT2D eigenvalue weighted by Crippen LogP contribution is -2.06. The van der Waals surface area contributed by atoms with Crippen LogP contribution in [-0.4, -0.2) is 10.5 Å². The Balaban J connectivity index is 3.93. The van der Waals surface area contributed by atoms with Crippen molar-refractivity contribution >= 4 is 11.8 Å². The van der Waals surface area contributed by atoms with E-state index in [1.807, 2.05) is 0 Å². The van der Waals surface area contributed by atoms with Crippen molar-refractivity contribution in [3.8, 4) is 0 Å². The minimum atomic E-state index is 0.769. The normalized spacial score (nSPS) is 18.2. The lowest BCUT2D eigenvalue weighted by molar-refractivity contribution is 0.607. The Labute approximate surface area is 107 Å². The van der Waals surface area contributed by atoms with E-state index < -0.39 is 0 Å². The highest BCUT2D eigenvalue weighted by Crippen LogP contribution is 2.27. The van der Waals surface area contributed by atoms with Gasteiger partial charge in [-0.05, 0) is 38.5 Å². The third-order valence-corrected chi connectivity index (χ3v) is 4.99. The van der Waals surface area contributed by atoms with Crippen molar-refractivity contribution < 1.29 is 0 Å². The van der Waals surface area contributed by atoms with Gasteiger partial charge in [-0.2, -0.15) is 11.8 Å². The van der Waals surface area contributed by atoms with Gasteiger partial charge in [0.05, 0.1) is 0 Å². The smallest absolute Gasteiger partial charge is 0.00244 e. The number of allylic oxidation sites excluding steroid dienone is 2. The maximum Gasteiger partial charge on any atom is 0.00244 e. The Bertz CT molecular complexity index is 196. The summed E-state index contributed by atoms with van der Waals surface area (Å²) in [6, 6.07) is 0. The van der Waals surface area contributed by atoms with Gasteiger partial charge < -0.3 is 0 Å². The average Bonchev–Trinajstić information content (AvgIpc) is 2.29. The molecule has 0 saturated heterocycles. The zero-order valence-corrected chi connectivity index (χ0v) is 12.9. The lowest BCUT2D eigenvalue weighted by Gasteiger charge is -2.19. The zero-order chi connectivity index (χ0) is 12.6. The molecule has 0 nitrogen and oxygen atoms in total. The fraction of sp³-hybridized carbons (Fsp3) is 0.867. The van der Waals surface area contributed by atoms with Crippen molar-refractivity contribution in [1.29, 1.82) is 0 Å². The van der Waals surface area contributed by atoms with Gasteiger partial charge in [0.15, 0.2) is 0 Å². The van der Waals surface area contributed by atoms with Crippen LogP contribution in [0.4, 0.5) is 0 Å². The molecule has 16 heavy (non-hydrogen) atoms. The SMILES string of the molecule is C/C=C(\CCC(C)SC(C)CC)C(C)CC. The topological polar surface area (TPSA) is 0 Å². The van der Waals surface area contributed by atoms with Gasteiger partial charge in [0.2, 0.25) is 0 Å². The highest BCUT2D eigenvalue weighted by Gasteiger charge is 2.10. The molecule has 0 bridgehead atoms. The molecule has 0 heterocycles. The number of hydrogen-bond donors (Lipinski definition) is 0. The first-order valence-corrected chi connectivity index (χ1v) is 7.79. The molecule has 0 aliphatic heterocycles. The molecule has 0 rings (SSSR count). The standard InChI is InChI=1S/C15H30S/c1-7-12(4)15(9-3)11-10-14(6)16-13(5)8-2/h9,12-14H,7-8,10-11H2,1-6H3/b15-9+. The Morgan fingerprint density at radius 3 is 2.12 bits per heavy atom. The number of rotatable bonds is 8. The summed E-state index contributed by atoms with van der Waals surface area (Å²) in [6.45, 7) is 13.8.